The van der Waals surface area contributed by atoms with Gasteiger partial charge in [-0.3, -0.25) is 0 Å². The normalized spacial score (nSPS) is 17.6. The molecule has 0 unspecified atom stereocenters. The SMILES string of the molecule is Cc1nc(NC2CCCCCC2)cc(NC(C)(C)C)n1. The molecule has 1 aliphatic carbocycles. The molecule has 0 amide bonds. The van der Waals surface area contributed by atoms with E-state index in [0.29, 0.717) is 6.04 Å². The summed E-state index contributed by atoms with van der Waals surface area (Å²) < 4.78 is 0. The first-order valence-corrected chi connectivity index (χ1v) is 7.83. The van der Waals surface area contributed by atoms with Gasteiger partial charge in [0.05, 0.1) is 0 Å². The van der Waals surface area contributed by atoms with Crippen molar-refractivity contribution in [3.63, 3.8) is 0 Å². The fourth-order valence-electron chi connectivity index (χ4n) is 2.72. The minimum absolute atomic E-state index is 0.0143. The highest BCUT2D eigenvalue weighted by atomic mass is 15.1. The highest BCUT2D eigenvalue weighted by Gasteiger charge is 2.15. The molecule has 0 aliphatic heterocycles. The summed E-state index contributed by atoms with van der Waals surface area (Å²) in [6.45, 7) is 8.38. The van der Waals surface area contributed by atoms with Crippen LogP contribution in [-0.2, 0) is 0 Å². The van der Waals surface area contributed by atoms with Crippen molar-refractivity contribution in [1.29, 1.82) is 0 Å². The van der Waals surface area contributed by atoms with Gasteiger partial charge in [0, 0.05) is 17.6 Å². The van der Waals surface area contributed by atoms with Gasteiger partial charge in [0.2, 0.25) is 0 Å². The quantitative estimate of drug-likeness (QED) is 0.815. The van der Waals surface area contributed by atoms with Gasteiger partial charge >= 0.3 is 0 Å². The molecule has 1 aliphatic rings. The molecular weight excluding hydrogens is 248 g/mol. The molecule has 1 saturated carbocycles. The van der Waals surface area contributed by atoms with Crippen molar-refractivity contribution in [2.45, 2.75) is 77.8 Å². The third-order valence-corrected chi connectivity index (χ3v) is 3.55. The summed E-state index contributed by atoms with van der Waals surface area (Å²) in [4.78, 5) is 8.99. The van der Waals surface area contributed by atoms with Crippen LogP contribution in [0.3, 0.4) is 0 Å². The molecule has 1 aromatic heterocycles. The van der Waals surface area contributed by atoms with E-state index in [1.807, 2.05) is 13.0 Å². The van der Waals surface area contributed by atoms with Gasteiger partial charge in [-0.1, -0.05) is 25.7 Å². The second-order valence-corrected chi connectivity index (χ2v) is 6.89. The van der Waals surface area contributed by atoms with Gasteiger partial charge in [0.1, 0.15) is 17.5 Å². The van der Waals surface area contributed by atoms with Crippen molar-refractivity contribution in [3.05, 3.63) is 11.9 Å². The van der Waals surface area contributed by atoms with Crippen molar-refractivity contribution in [2.75, 3.05) is 10.6 Å². The van der Waals surface area contributed by atoms with Gasteiger partial charge in [0.25, 0.3) is 0 Å². The monoisotopic (exact) mass is 276 g/mol. The molecule has 0 atom stereocenters. The Labute approximate surface area is 122 Å². The van der Waals surface area contributed by atoms with E-state index in [0.717, 1.165) is 17.5 Å². The zero-order valence-electron chi connectivity index (χ0n) is 13.3. The highest BCUT2D eigenvalue weighted by Crippen LogP contribution is 2.22. The number of nitrogens with one attached hydrogen (secondary N) is 2. The highest BCUT2D eigenvalue weighted by molar-refractivity contribution is 5.49. The molecule has 2 N–H and O–H groups in total. The van der Waals surface area contributed by atoms with Crippen LogP contribution in [0.2, 0.25) is 0 Å². The van der Waals surface area contributed by atoms with E-state index in [2.05, 4.69) is 41.4 Å². The van der Waals surface area contributed by atoms with Crippen LogP contribution >= 0.6 is 0 Å². The Morgan fingerprint density at radius 3 is 2.20 bits per heavy atom. The lowest BCUT2D eigenvalue weighted by Crippen LogP contribution is -2.27. The van der Waals surface area contributed by atoms with Crippen molar-refractivity contribution >= 4 is 11.6 Å². The summed E-state index contributed by atoms with van der Waals surface area (Å²) >= 11 is 0. The van der Waals surface area contributed by atoms with Gasteiger partial charge in [-0.15, -0.1) is 0 Å². The van der Waals surface area contributed by atoms with E-state index in [9.17, 15) is 0 Å². The Balaban J connectivity index is 2.06. The number of rotatable bonds is 3. The standard InChI is InChI=1S/C16H28N4/c1-12-17-14(11-15(18-12)20-16(2,3)4)19-13-9-7-5-6-8-10-13/h11,13H,5-10H2,1-4H3,(H2,17,18,19,20). The van der Waals surface area contributed by atoms with E-state index < -0.39 is 0 Å². The van der Waals surface area contributed by atoms with Gasteiger partial charge in [-0.05, 0) is 40.5 Å². The molecule has 1 fully saturated rings. The van der Waals surface area contributed by atoms with Crippen LogP contribution in [0.25, 0.3) is 0 Å². The fourth-order valence-corrected chi connectivity index (χ4v) is 2.72. The molecule has 0 saturated heterocycles. The summed E-state index contributed by atoms with van der Waals surface area (Å²) in [7, 11) is 0. The number of aromatic nitrogens is 2. The Morgan fingerprint density at radius 2 is 1.60 bits per heavy atom. The summed E-state index contributed by atoms with van der Waals surface area (Å²) in [6.07, 6.45) is 7.91. The maximum absolute atomic E-state index is 4.53. The zero-order valence-corrected chi connectivity index (χ0v) is 13.3. The van der Waals surface area contributed by atoms with E-state index in [4.69, 9.17) is 0 Å². The van der Waals surface area contributed by atoms with Gasteiger partial charge in [0.15, 0.2) is 0 Å². The zero-order chi connectivity index (χ0) is 14.6. The van der Waals surface area contributed by atoms with Crippen LogP contribution in [0.1, 0.15) is 65.1 Å². The average molecular weight is 276 g/mol. The molecule has 2 rings (SSSR count). The maximum atomic E-state index is 4.53. The lowest BCUT2D eigenvalue weighted by molar-refractivity contribution is 0.615. The fraction of sp³-hybridized carbons (Fsp3) is 0.750. The Hall–Kier alpha value is -1.32. The second kappa shape index (κ2) is 6.42. The van der Waals surface area contributed by atoms with E-state index in [-0.39, 0.29) is 5.54 Å². The molecule has 0 radical (unpaired) electrons. The molecule has 1 aromatic rings. The number of aryl methyl sites for hydroxylation is 1. The summed E-state index contributed by atoms with van der Waals surface area (Å²) in [5, 5.41) is 7.02. The Bertz CT molecular complexity index is 429. The van der Waals surface area contributed by atoms with Crippen LogP contribution in [0.15, 0.2) is 6.07 Å². The molecule has 0 spiro atoms. The molecule has 4 heteroatoms. The van der Waals surface area contributed by atoms with Crippen LogP contribution in [0.4, 0.5) is 11.6 Å². The third-order valence-electron chi connectivity index (χ3n) is 3.55. The van der Waals surface area contributed by atoms with Crippen molar-refractivity contribution < 1.29 is 0 Å². The molecular formula is C16H28N4. The first-order valence-electron chi connectivity index (χ1n) is 7.83. The first-order chi connectivity index (χ1) is 9.42. The molecule has 0 aromatic carbocycles. The number of anilines is 2. The van der Waals surface area contributed by atoms with Crippen LogP contribution in [0, 0.1) is 6.92 Å². The van der Waals surface area contributed by atoms with E-state index in [1.165, 1.54) is 38.5 Å². The lowest BCUT2D eigenvalue weighted by Gasteiger charge is -2.23. The van der Waals surface area contributed by atoms with Gasteiger partial charge in [-0.2, -0.15) is 0 Å². The van der Waals surface area contributed by atoms with Crippen LogP contribution in [0.5, 0.6) is 0 Å². The second-order valence-electron chi connectivity index (χ2n) is 6.89. The number of hydrogen-bond donors (Lipinski definition) is 2. The molecule has 4 nitrogen and oxygen atoms in total. The van der Waals surface area contributed by atoms with Crippen molar-refractivity contribution in [3.8, 4) is 0 Å². The average Bonchev–Trinajstić information content (AvgIpc) is 2.54. The number of nitrogens with zero attached hydrogens (tertiary/aromatic N) is 2. The Kier molecular flexibility index (Phi) is 4.84. The molecule has 1 heterocycles. The lowest BCUT2D eigenvalue weighted by atomic mass is 10.1. The predicted octanol–water partition coefficient (Wildman–Crippen LogP) is 4.13. The minimum Gasteiger partial charge on any atom is -0.367 e. The number of hydrogen-bond acceptors (Lipinski definition) is 4. The Morgan fingerprint density at radius 1 is 1.00 bits per heavy atom. The van der Waals surface area contributed by atoms with Crippen molar-refractivity contribution in [2.24, 2.45) is 0 Å². The largest absolute Gasteiger partial charge is 0.367 e. The van der Waals surface area contributed by atoms with Crippen LogP contribution < -0.4 is 10.6 Å². The first kappa shape index (κ1) is 15.1. The molecule has 112 valence electrons. The smallest absolute Gasteiger partial charge is 0.132 e. The van der Waals surface area contributed by atoms with Crippen molar-refractivity contribution in [1.82, 2.24) is 9.97 Å². The van der Waals surface area contributed by atoms with Crippen LogP contribution in [-0.4, -0.2) is 21.5 Å². The topological polar surface area (TPSA) is 49.8 Å². The maximum Gasteiger partial charge on any atom is 0.132 e. The minimum atomic E-state index is 0.0143. The molecule has 0 bridgehead atoms. The van der Waals surface area contributed by atoms with E-state index in [1.54, 1.807) is 0 Å². The molecule has 20 heavy (non-hydrogen) atoms. The summed E-state index contributed by atoms with van der Waals surface area (Å²) in [5.41, 5.74) is 0.0143. The summed E-state index contributed by atoms with van der Waals surface area (Å²) in [5.74, 6) is 2.67. The third kappa shape index (κ3) is 4.99. The van der Waals surface area contributed by atoms with Gasteiger partial charge < -0.3 is 10.6 Å². The summed E-state index contributed by atoms with van der Waals surface area (Å²) in [6, 6.07) is 2.60. The van der Waals surface area contributed by atoms with Gasteiger partial charge in [-0.25, -0.2) is 9.97 Å². The van der Waals surface area contributed by atoms with E-state index >= 15 is 0 Å². The predicted molar refractivity (Wildman–Crippen MR) is 85.3 cm³/mol.